The highest BCUT2D eigenvalue weighted by Crippen LogP contribution is 2.17. The van der Waals surface area contributed by atoms with Crippen molar-refractivity contribution in [3.05, 3.63) is 24.3 Å². The number of ether oxygens (including phenoxy) is 2. The van der Waals surface area contributed by atoms with Crippen LogP contribution < -0.4 is 10.5 Å². The van der Waals surface area contributed by atoms with Gasteiger partial charge in [0, 0.05) is 18.4 Å². The molecular weight excluding hydrogens is 178 g/mol. The number of benzene rings is 1. The molecule has 1 atom stereocenters. The van der Waals surface area contributed by atoms with E-state index in [9.17, 15) is 0 Å². The van der Waals surface area contributed by atoms with Crippen molar-refractivity contribution in [1.29, 1.82) is 0 Å². The molecule has 1 aromatic carbocycles. The van der Waals surface area contributed by atoms with Gasteiger partial charge in [-0.15, -0.1) is 0 Å². The summed E-state index contributed by atoms with van der Waals surface area (Å²) >= 11 is 0. The third-order valence-electron chi connectivity index (χ3n) is 2.32. The second kappa shape index (κ2) is 4.33. The molecule has 1 saturated heterocycles. The van der Waals surface area contributed by atoms with Crippen molar-refractivity contribution in [2.45, 2.75) is 18.9 Å². The van der Waals surface area contributed by atoms with Gasteiger partial charge in [-0.05, 0) is 25.0 Å². The molecule has 0 unspecified atom stereocenters. The molecule has 0 aromatic heterocycles. The Bertz CT molecular complexity index is 295. The van der Waals surface area contributed by atoms with Gasteiger partial charge in [0.1, 0.15) is 12.4 Å². The minimum Gasteiger partial charge on any atom is -0.491 e. The first-order valence-electron chi connectivity index (χ1n) is 4.94. The van der Waals surface area contributed by atoms with Gasteiger partial charge in [0.05, 0.1) is 6.10 Å². The first kappa shape index (κ1) is 9.34. The summed E-state index contributed by atoms with van der Waals surface area (Å²) in [5.74, 6) is 0.820. The topological polar surface area (TPSA) is 44.5 Å². The number of nitrogens with two attached hydrogens (primary N) is 1. The number of hydrogen-bond acceptors (Lipinski definition) is 3. The Kier molecular flexibility index (Phi) is 2.89. The van der Waals surface area contributed by atoms with Crippen LogP contribution in [0.2, 0.25) is 0 Å². The molecule has 0 saturated carbocycles. The molecule has 0 bridgehead atoms. The molecular formula is C11H15NO2. The monoisotopic (exact) mass is 193 g/mol. The maximum Gasteiger partial charge on any atom is 0.121 e. The Morgan fingerprint density at radius 3 is 3.14 bits per heavy atom. The lowest BCUT2D eigenvalue weighted by atomic mass is 10.2. The van der Waals surface area contributed by atoms with E-state index in [1.165, 1.54) is 0 Å². The van der Waals surface area contributed by atoms with Crippen LogP contribution in [0.25, 0.3) is 0 Å². The van der Waals surface area contributed by atoms with E-state index in [0.717, 1.165) is 30.9 Å². The third kappa shape index (κ3) is 2.39. The lowest BCUT2D eigenvalue weighted by Crippen LogP contribution is -2.16. The lowest BCUT2D eigenvalue weighted by molar-refractivity contribution is 0.0680. The Balaban J connectivity index is 1.85. The fourth-order valence-corrected chi connectivity index (χ4v) is 1.57. The predicted molar refractivity (Wildman–Crippen MR) is 55.3 cm³/mol. The quantitative estimate of drug-likeness (QED) is 0.745. The van der Waals surface area contributed by atoms with Gasteiger partial charge in [0.15, 0.2) is 0 Å². The van der Waals surface area contributed by atoms with Gasteiger partial charge in [-0.2, -0.15) is 0 Å². The zero-order valence-corrected chi connectivity index (χ0v) is 8.11. The minimum absolute atomic E-state index is 0.261. The molecule has 14 heavy (non-hydrogen) atoms. The van der Waals surface area contributed by atoms with Crippen molar-refractivity contribution < 1.29 is 9.47 Å². The van der Waals surface area contributed by atoms with E-state index in [-0.39, 0.29) is 6.10 Å². The summed E-state index contributed by atoms with van der Waals surface area (Å²) < 4.78 is 11.0. The Hall–Kier alpha value is -1.22. The normalized spacial score (nSPS) is 21.0. The average Bonchev–Trinajstić information content (AvgIpc) is 2.67. The zero-order chi connectivity index (χ0) is 9.80. The van der Waals surface area contributed by atoms with Gasteiger partial charge in [0.2, 0.25) is 0 Å². The van der Waals surface area contributed by atoms with E-state index in [0.29, 0.717) is 6.61 Å². The van der Waals surface area contributed by atoms with E-state index in [1.807, 2.05) is 24.3 Å². The number of nitrogen functional groups attached to an aromatic ring is 1. The highest BCUT2D eigenvalue weighted by atomic mass is 16.5. The molecule has 0 spiro atoms. The van der Waals surface area contributed by atoms with Crippen LogP contribution in [0.15, 0.2) is 24.3 Å². The smallest absolute Gasteiger partial charge is 0.121 e. The van der Waals surface area contributed by atoms with Gasteiger partial charge in [-0.25, -0.2) is 0 Å². The van der Waals surface area contributed by atoms with Crippen molar-refractivity contribution in [3.8, 4) is 5.75 Å². The Morgan fingerprint density at radius 1 is 1.50 bits per heavy atom. The van der Waals surface area contributed by atoms with Gasteiger partial charge < -0.3 is 15.2 Å². The fourth-order valence-electron chi connectivity index (χ4n) is 1.57. The first-order valence-corrected chi connectivity index (χ1v) is 4.94. The summed E-state index contributed by atoms with van der Waals surface area (Å²) in [4.78, 5) is 0. The maximum absolute atomic E-state index is 5.63. The van der Waals surface area contributed by atoms with Crippen molar-refractivity contribution in [1.82, 2.24) is 0 Å². The lowest BCUT2D eigenvalue weighted by Gasteiger charge is -2.11. The molecule has 0 radical (unpaired) electrons. The fraction of sp³-hybridized carbons (Fsp3) is 0.455. The second-order valence-electron chi connectivity index (χ2n) is 3.52. The van der Waals surface area contributed by atoms with Gasteiger partial charge in [-0.1, -0.05) is 6.07 Å². The first-order chi connectivity index (χ1) is 6.84. The molecule has 2 rings (SSSR count). The van der Waals surface area contributed by atoms with E-state index in [1.54, 1.807) is 0 Å². The summed E-state index contributed by atoms with van der Waals surface area (Å²) in [5, 5.41) is 0. The molecule has 3 heteroatoms. The molecule has 2 N–H and O–H groups in total. The number of hydrogen-bond donors (Lipinski definition) is 1. The van der Waals surface area contributed by atoms with Crippen LogP contribution in [0.3, 0.4) is 0 Å². The van der Waals surface area contributed by atoms with Gasteiger partial charge in [-0.3, -0.25) is 0 Å². The van der Waals surface area contributed by atoms with Crippen LogP contribution in [0.5, 0.6) is 5.75 Å². The van der Waals surface area contributed by atoms with Crippen molar-refractivity contribution >= 4 is 5.69 Å². The molecule has 1 fully saturated rings. The van der Waals surface area contributed by atoms with E-state index in [2.05, 4.69) is 0 Å². The number of rotatable bonds is 3. The van der Waals surface area contributed by atoms with Crippen molar-refractivity contribution in [2.24, 2.45) is 0 Å². The highest BCUT2D eigenvalue weighted by molar-refractivity contribution is 5.43. The molecule has 1 aliphatic rings. The second-order valence-corrected chi connectivity index (χ2v) is 3.52. The summed E-state index contributed by atoms with van der Waals surface area (Å²) in [6.07, 6.45) is 2.50. The van der Waals surface area contributed by atoms with E-state index >= 15 is 0 Å². The molecule has 3 nitrogen and oxygen atoms in total. The highest BCUT2D eigenvalue weighted by Gasteiger charge is 2.15. The standard InChI is InChI=1S/C11H15NO2/c12-9-3-1-4-10(7-9)14-8-11-5-2-6-13-11/h1,3-4,7,11H,2,5-6,8,12H2/t11-/m0/s1. The van der Waals surface area contributed by atoms with Crippen molar-refractivity contribution in [2.75, 3.05) is 18.9 Å². The van der Waals surface area contributed by atoms with Gasteiger partial charge in [0.25, 0.3) is 0 Å². The van der Waals surface area contributed by atoms with E-state index in [4.69, 9.17) is 15.2 Å². The third-order valence-corrected chi connectivity index (χ3v) is 2.32. The minimum atomic E-state index is 0.261. The summed E-state index contributed by atoms with van der Waals surface area (Å²) in [6.45, 7) is 1.49. The summed E-state index contributed by atoms with van der Waals surface area (Å²) in [7, 11) is 0. The number of anilines is 1. The molecule has 1 aliphatic heterocycles. The average molecular weight is 193 g/mol. The van der Waals surface area contributed by atoms with Crippen LogP contribution in [0, 0.1) is 0 Å². The van der Waals surface area contributed by atoms with Crippen LogP contribution >= 0.6 is 0 Å². The molecule has 0 amide bonds. The SMILES string of the molecule is Nc1cccc(OC[C@@H]2CCCO2)c1. The Labute approximate surface area is 83.8 Å². The van der Waals surface area contributed by atoms with E-state index < -0.39 is 0 Å². The summed E-state index contributed by atoms with van der Waals surface area (Å²) in [5.41, 5.74) is 6.36. The predicted octanol–water partition coefficient (Wildman–Crippen LogP) is 1.83. The molecule has 1 heterocycles. The molecule has 0 aliphatic carbocycles. The summed E-state index contributed by atoms with van der Waals surface area (Å²) in [6, 6.07) is 7.47. The van der Waals surface area contributed by atoms with Crippen LogP contribution in [-0.2, 0) is 4.74 Å². The zero-order valence-electron chi connectivity index (χ0n) is 8.11. The van der Waals surface area contributed by atoms with Gasteiger partial charge >= 0.3 is 0 Å². The van der Waals surface area contributed by atoms with Crippen LogP contribution in [-0.4, -0.2) is 19.3 Å². The molecule has 1 aromatic rings. The Morgan fingerprint density at radius 2 is 2.43 bits per heavy atom. The van der Waals surface area contributed by atoms with Crippen LogP contribution in [0.4, 0.5) is 5.69 Å². The molecule has 76 valence electrons. The van der Waals surface area contributed by atoms with Crippen molar-refractivity contribution in [3.63, 3.8) is 0 Å². The largest absolute Gasteiger partial charge is 0.491 e. The van der Waals surface area contributed by atoms with Crippen LogP contribution in [0.1, 0.15) is 12.8 Å². The maximum atomic E-state index is 5.63.